The number of hydrogen-bond donors (Lipinski definition) is 1. The van der Waals surface area contributed by atoms with Crippen LogP contribution in [-0.4, -0.2) is 16.3 Å². The molecular formula is C15H21ClN2O. The van der Waals surface area contributed by atoms with Gasteiger partial charge in [-0.2, -0.15) is 0 Å². The highest BCUT2D eigenvalue weighted by atomic mass is 35.5. The van der Waals surface area contributed by atoms with E-state index in [4.69, 9.17) is 5.73 Å². The van der Waals surface area contributed by atoms with E-state index < -0.39 is 5.54 Å². The fourth-order valence-corrected chi connectivity index (χ4v) is 3.19. The smallest absolute Gasteiger partial charge is 0.243 e. The Morgan fingerprint density at radius 2 is 1.58 bits per heavy atom. The normalized spacial score (nSPS) is 20.6. The first-order valence-corrected chi connectivity index (χ1v) is 6.84. The SMILES string of the molecule is Cl.NC1(C(=O)N2Cc3ccccc3C2)CCCCC1. The Morgan fingerprint density at radius 3 is 2.11 bits per heavy atom. The Labute approximate surface area is 120 Å². The first kappa shape index (κ1) is 14.4. The standard InChI is InChI=1S/C15H20N2O.ClH/c16-15(8-4-1-5-9-15)14(18)17-10-12-6-2-3-7-13(12)11-17;/h2-3,6-7H,1,4-5,8-11,16H2;1H. The number of carbonyl (C=O) groups excluding carboxylic acids is 1. The van der Waals surface area contributed by atoms with Crippen molar-refractivity contribution in [2.45, 2.75) is 50.7 Å². The van der Waals surface area contributed by atoms with Crippen LogP contribution in [0.2, 0.25) is 0 Å². The summed E-state index contributed by atoms with van der Waals surface area (Å²) in [6.07, 6.45) is 5.08. The minimum Gasteiger partial charge on any atom is -0.332 e. The predicted octanol–water partition coefficient (Wildman–Crippen LogP) is 2.61. The van der Waals surface area contributed by atoms with Crippen molar-refractivity contribution in [3.05, 3.63) is 35.4 Å². The highest BCUT2D eigenvalue weighted by molar-refractivity contribution is 5.86. The molecule has 104 valence electrons. The number of amides is 1. The number of benzene rings is 1. The lowest BCUT2D eigenvalue weighted by atomic mass is 9.81. The summed E-state index contributed by atoms with van der Waals surface area (Å²) >= 11 is 0. The maximum atomic E-state index is 12.6. The Balaban J connectivity index is 0.00000133. The predicted molar refractivity (Wildman–Crippen MR) is 77.9 cm³/mol. The van der Waals surface area contributed by atoms with Gasteiger partial charge in [-0.05, 0) is 24.0 Å². The van der Waals surface area contributed by atoms with Crippen molar-refractivity contribution in [3.63, 3.8) is 0 Å². The van der Waals surface area contributed by atoms with Crippen LogP contribution >= 0.6 is 12.4 Å². The molecule has 0 unspecified atom stereocenters. The second kappa shape index (κ2) is 5.51. The number of fused-ring (bicyclic) bond motifs is 1. The highest BCUT2D eigenvalue weighted by Crippen LogP contribution is 2.31. The summed E-state index contributed by atoms with van der Waals surface area (Å²) in [5, 5.41) is 0. The van der Waals surface area contributed by atoms with Crippen LogP contribution in [0, 0.1) is 0 Å². The Kier molecular flexibility index (Phi) is 4.16. The number of nitrogens with two attached hydrogens (primary N) is 1. The highest BCUT2D eigenvalue weighted by Gasteiger charge is 2.39. The first-order valence-electron chi connectivity index (χ1n) is 6.84. The molecule has 1 saturated carbocycles. The van der Waals surface area contributed by atoms with Crippen molar-refractivity contribution in [1.82, 2.24) is 4.90 Å². The second-order valence-corrected chi connectivity index (χ2v) is 5.65. The van der Waals surface area contributed by atoms with Gasteiger partial charge in [0, 0.05) is 13.1 Å². The molecule has 0 spiro atoms. The lowest BCUT2D eigenvalue weighted by molar-refractivity contribution is -0.138. The van der Waals surface area contributed by atoms with Crippen LogP contribution in [0.4, 0.5) is 0 Å². The zero-order valence-electron chi connectivity index (χ0n) is 11.1. The van der Waals surface area contributed by atoms with Gasteiger partial charge in [0.15, 0.2) is 0 Å². The van der Waals surface area contributed by atoms with E-state index in [0.29, 0.717) is 0 Å². The molecule has 0 atom stereocenters. The first-order chi connectivity index (χ1) is 8.69. The molecule has 1 heterocycles. The van der Waals surface area contributed by atoms with Crippen LogP contribution in [0.15, 0.2) is 24.3 Å². The zero-order chi connectivity index (χ0) is 12.6. The molecule has 3 nitrogen and oxygen atoms in total. The van der Waals surface area contributed by atoms with E-state index in [-0.39, 0.29) is 18.3 Å². The van der Waals surface area contributed by atoms with E-state index in [2.05, 4.69) is 12.1 Å². The zero-order valence-corrected chi connectivity index (χ0v) is 11.9. The molecule has 1 aromatic carbocycles. The van der Waals surface area contributed by atoms with Crippen molar-refractivity contribution in [3.8, 4) is 0 Å². The minimum atomic E-state index is -0.597. The molecule has 0 saturated heterocycles. The maximum absolute atomic E-state index is 12.6. The molecule has 1 aliphatic carbocycles. The Hall–Kier alpha value is -1.06. The summed E-state index contributed by atoms with van der Waals surface area (Å²) in [6, 6.07) is 8.27. The molecule has 19 heavy (non-hydrogen) atoms. The Morgan fingerprint density at radius 1 is 1.05 bits per heavy atom. The van der Waals surface area contributed by atoms with E-state index >= 15 is 0 Å². The molecule has 0 bridgehead atoms. The van der Waals surface area contributed by atoms with Crippen LogP contribution in [-0.2, 0) is 17.9 Å². The number of rotatable bonds is 1. The van der Waals surface area contributed by atoms with Gasteiger partial charge < -0.3 is 10.6 Å². The fourth-order valence-electron chi connectivity index (χ4n) is 3.19. The van der Waals surface area contributed by atoms with Crippen molar-refractivity contribution < 1.29 is 4.79 Å². The van der Waals surface area contributed by atoms with Crippen LogP contribution in [0.1, 0.15) is 43.2 Å². The van der Waals surface area contributed by atoms with E-state index in [1.165, 1.54) is 17.5 Å². The summed E-state index contributed by atoms with van der Waals surface area (Å²) in [5.41, 5.74) is 8.27. The number of hydrogen-bond acceptors (Lipinski definition) is 2. The summed E-state index contributed by atoms with van der Waals surface area (Å²) < 4.78 is 0. The van der Waals surface area contributed by atoms with Crippen molar-refractivity contribution >= 4 is 18.3 Å². The van der Waals surface area contributed by atoms with Gasteiger partial charge in [-0.3, -0.25) is 4.79 Å². The van der Waals surface area contributed by atoms with Crippen molar-refractivity contribution in [1.29, 1.82) is 0 Å². The number of nitrogens with zero attached hydrogens (tertiary/aromatic N) is 1. The van der Waals surface area contributed by atoms with Crippen LogP contribution < -0.4 is 5.73 Å². The second-order valence-electron chi connectivity index (χ2n) is 5.65. The van der Waals surface area contributed by atoms with Crippen molar-refractivity contribution in [2.75, 3.05) is 0 Å². The molecule has 1 fully saturated rings. The lowest BCUT2D eigenvalue weighted by Crippen LogP contribution is -2.55. The number of halogens is 1. The molecule has 2 aliphatic rings. The Bertz CT molecular complexity index is 444. The largest absolute Gasteiger partial charge is 0.332 e. The molecular weight excluding hydrogens is 260 g/mol. The van der Waals surface area contributed by atoms with Gasteiger partial charge in [0.1, 0.15) is 0 Å². The van der Waals surface area contributed by atoms with E-state index in [1.54, 1.807) is 0 Å². The van der Waals surface area contributed by atoms with Gasteiger partial charge in [-0.25, -0.2) is 0 Å². The molecule has 2 N–H and O–H groups in total. The van der Waals surface area contributed by atoms with Crippen LogP contribution in [0.3, 0.4) is 0 Å². The molecule has 4 heteroatoms. The van der Waals surface area contributed by atoms with Gasteiger partial charge in [0.05, 0.1) is 5.54 Å². The van der Waals surface area contributed by atoms with Gasteiger partial charge in [-0.15, -0.1) is 12.4 Å². The quantitative estimate of drug-likeness (QED) is 0.859. The molecule has 1 aliphatic heterocycles. The van der Waals surface area contributed by atoms with E-state index in [0.717, 1.165) is 38.8 Å². The third-order valence-electron chi connectivity index (χ3n) is 4.30. The third kappa shape index (κ3) is 2.63. The molecule has 0 radical (unpaired) electrons. The van der Waals surface area contributed by atoms with Gasteiger partial charge in [-0.1, -0.05) is 43.5 Å². The average molecular weight is 281 g/mol. The molecule has 1 amide bonds. The minimum absolute atomic E-state index is 0. The summed E-state index contributed by atoms with van der Waals surface area (Å²) in [4.78, 5) is 14.5. The summed E-state index contributed by atoms with van der Waals surface area (Å²) in [5.74, 6) is 0.151. The number of carbonyl (C=O) groups is 1. The van der Waals surface area contributed by atoms with Gasteiger partial charge in [0.2, 0.25) is 5.91 Å². The molecule has 0 aromatic heterocycles. The summed E-state index contributed by atoms with van der Waals surface area (Å²) in [7, 11) is 0. The van der Waals surface area contributed by atoms with Gasteiger partial charge >= 0.3 is 0 Å². The van der Waals surface area contributed by atoms with Gasteiger partial charge in [0.25, 0.3) is 0 Å². The van der Waals surface area contributed by atoms with E-state index in [1.807, 2.05) is 17.0 Å². The van der Waals surface area contributed by atoms with E-state index in [9.17, 15) is 4.79 Å². The maximum Gasteiger partial charge on any atom is 0.243 e. The average Bonchev–Trinajstić information content (AvgIpc) is 2.82. The molecule has 1 aromatic rings. The van der Waals surface area contributed by atoms with Crippen molar-refractivity contribution in [2.24, 2.45) is 5.73 Å². The monoisotopic (exact) mass is 280 g/mol. The lowest BCUT2D eigenvalue weighted by Gasteiger charge is -2.35. The van der Waals surface area contributed by atoms with Crippen LogP contribution in [0.5, 0.6) is 0 Å². The third-order valence-corrected chi connectivity index (χ3v) is 4.30. The topological polar surface area (TPSA) is 46.3 Å². The molecule has 3 rings (SSSR count). The fraction of sp³-hybridized carbons (Fsp3) is 0.533. The summed E-state index contributed by atoms with van der Waals surface area (Å²) in [6.45, 7) is 1.46. The van der Waals surface area contributed by atoms with Crippen LogP contribution in [0.25, 0.3) is 0 Å².